The third-order valence-corrected chi connectivity index (χ3v) is 6.62. The summed E-state index contributed by atoms with van der Waals surface area (Å²) in [6, 6.07) is 7.68. The molecule has 26 heavy (non-hydrogen) atoms. The lowest BCUT2D eigenvalue weighted by molar-refractivity contribution is -0.127. The van der Waals surface area contributed by atoms with E-state index in [1.807, 2.05) is 29.2 Å². The van der Waals surface area contributed by atoms with Crippen LogP contribution in [0.3, 0.4) is 0 Å². The molecular formula is C22H30N2O2. The largest absolute Gasteiger partial charge is 0.351 e. The SMILES string of the molecule is C[C@@H]1CCCC[C@H]1N1C(=O)c2ccccc2[C@@H]1C(=O)NC1CCCCC1. The van der Waals surface area contributed by atoms with Gasteiger partial charge in [-0.3, -0.25) is 9.59 Å². The maximum Gasteiger partial charge on any atom is 0.255 e. The molecule has 4 nitrogen and oxygen atoms in total. The molecule has 0 radical (unpaired) electrons. The monoisotopic (exact) mass is 354 g/mol. The van der Waals surface area contributed by atoms with E-state index in [0.717, 1.165) is 37.7 Å². The smallest absolute Gasteiger partial charge is 0.255 e. The van der Waals surface area contributed by atoms with Crippen LogP contribution in [0.4, 0.5) is 0 Å². The predicted octanol–water partition coefficient (Wildman–Crippen LogP) is 4.21. The van der Waals surface area contributed by atoms with Crippen molar-refractivity contribution in [3.8, 4) is 0 Å². The first-order valence-corrected chi connectivity index (χ1v) is 10.4. The van der Waals surface area contributed by atoms with Crippen molar-refractivity contribution >= 4 is 11.8 Å². The first-order chi connectivity index (χ1) is 12.7. The third kappa shape index (κ3) is 3.15. The van der Waals surface area contributed by atoms with Crippen molar-refractivity contribution in [3.05, 3.63) is 35.4 Å². The molecule has 2 saturated carbocycles. The highest BCUT2D eigenvalue weighted by Crippen LogP contribution is 2.40. The normalized spacial score (nSPS) is 29.5. The van der Waals surface area contributed by atoms with E-state index in [0.29, 0.717) is 11.5 Å². The number of hydrogen-bond donors (Lipinski definition) is 1. The molecule has 1 aromatic carbocycles. The fourth-order valence-electron chi connectivity index (χ4n) is 5.18. The van der Waals surface area contributed by atoms with Gasteiger partial charge in [0.15, 0.2) is 0 Å². The highest BCUT2D eigenvalue weighted by atomic mass is 16.2. The zero-order chi connectivity index (χ0) is 18.1. The van der Waals surface area contributed by atoms with Crippen LogP contribution in [0.25, 0.3) is 0 Å². The summed E-state index contributed by atoms with van der Waals surface area (Å²) in [5, 5.41) is 3.27. The van der Waals surface area contributed by atoms with Gasteiger partial charge in [-0.1, -0.05) is 57.2 Å². The van der Waals surface area contributed by atoms with Gasteiger partial charge in [-0.25, -0.2) is 0 Å². The molecule has 2 fully saturated rings. The van der Waals surface area contributed by atoms with Gasteiger partial charge in [0.2, 0.25) is 5.91 Å². The minimum atomic E-state index is -0.453. The van der Waals surface area contributed by atoms with Crippen LogP contribution in [-0.2, 0) is 4.79 Å². The summed E-state index contributed by atoms with van der Waals surface area (Å²) in [5.41, 5.74) is 1.61. The Balaban J connectivity index is 1.63. The van der Waals surface area contributed by atoms with Crippen LogP contribution < -0.4 is 5.32 Å². The van der Waals surface area contributed by atoms with Gasteiger partial charge in [0.1, 0.15) is 6.04 Å². The van der Waals surface area contributed by atoms with Gasteiger partial charge in [-0.15, -0.1) is 0 Å². The van der Waals surface area contributed by atoms with Crippen LogP contribution in [0.1, 0.15) is 86.7 Å². The lowest BCUT2D eigenvalue weighted by Gasteiger charge is -2.39. The number of nitrogens with zero attached hydrogens (tertiary/aromatic N) is 1. The van der Waals surface area contributed by atoms with Crippen LogP contribution in [0, 0.1) is 5.92 Å². The van der Waals surface area contributed by atoms with Gasteiger partial charge < -0.3 is 10.2 Å². The first kappa shape index (κ1) is 17.6. The first-order valence-electron chi connectivity index (χ1n) is 10.4. The molecule has 0 spiro atoms. The summed E-state index contributed by atoms with van der Waals surface area (Å²) in [6.07, 6.45) is 10.3. The molecule has 1 N–H and O–H groups in total. The minimum Gasteiger partial charge on any atom is -0.351 e. The number of fused-ring (bicyclic) bond motifs is 1. The molecule has 2 amide bonds. The van der Waals surface area contributed by atoms with Gasteiger partial charge >= 0.3 is 0 Å². The van der Waals surface area contributed by atoms with Crippen LogP contribution >= 0.6 is 0 Å². The quantitative estimate of drug-likeness (QED) is 0.884. The van der Waals surface area contributed by atoms with E-state index in [1.54, 1.807) is 0 Å². The van der Waals surface area contributed by atoms with E-state index in [2.05, 4.69) is 12.2 Å². The lowest BCUT2D eigenvalue weighted by Crippen LogP contribution is -2.49. The Kier molecular flexibility index (Phi) is 5.01. The molecule has 140 valence electrons. The Morgan fingerprint density at radius 1 is 1.00 bits per heavy atom. The maximum atomic E-state index is 13.3. The number of carbonyl (C=O) groups is 2. The van der Waals surface area contributed by atoms with Crippen molar-refractivity contribution < 1.29 is 9.59 Å². The molecule has 0 unspecified atom stereocenters. The summed E-state index contributed by atoms with van der Waals surface area (Å²) in [6.45, 7) is 2.23. The molecule has 0 saturated heterocycles. The van der Waals surface area contributed by atoms with Crippen molar-refractivity contribution in [2.24, 2.45) is 5.92 Å². The van der Waals surface area contributed by atoms with Gasteiger partial charge in [0.05, 0.1) is 0 Å². The molecule has 1 heterocycles. The second-order valence-corrected chi connectivity index (χ2v) is 8.37. The molecule has 4 heteroatoms. The van der Waals surface area contributed by atoms with Crippen LogP contribution in [0.2, 0.25) is 0 Å². The molecule has 0 aromatic heterocycles. The number of hydrogen-bond acceptors (Lipinski definition) is 2. The fourth-order valence-corrected chi connectivity index (χ4v) is 5.18. The van der Waals surface area contributed by atoms with Gasteiger partial charge in [0, 0.05) is 17.6 Å². The molecular weight excluding hydrogens is 324 g/mol. The molecule has 2 aliphatic carbocycles. The van der Waals surface area contributed by atoms with Crippen molar-refractivity contribution in [2.45, 2.75) is 82.8 Å². The number of benzene rings is 1. The van der Waals surface area contributed by atoms with E-state index in [-0.39, 0.29) is 23.9 Å². The molecule has 0 bridgehead atoms. The van der Waals surface area contributed by atoms with Crippen LogP contribution in [-0.4, -0.2) is 28.8 Å². The molecule has 4 rings (SSSR count). The van der Waals surface area contributed by atoms with Crippen molar-refractivity contribution in [2.75, 3.05) is 0 Å². The fraction of sp³-hybridized carbons (Fsp3) is 0.636. The Labute approximate surface area is 156 Å². The third-order valence-electron chi connectivity index (χ3n) is 6.62. The number of amides is 2. The van der Waals surface area contributed by atoms with Gasteiger partial charge in [0.25, 0.3) is 5.91 Å². The summed E-state index contributed by atoms with van der Waals surface area (Å²) in [7, 11) is 0. The standard InChI is InChI=1S/C22H30N2O2/c1-15-9-5-8-14-19(15)24-20(17-12-6-7-13-18(17)22(24)26)21(25)23-16-10-3-2-4-11-16/h6-7,12-13,15-16,19-20H,2-5,8-11,14H2,1H3,(H,23,25)/t15-,19-,20-/m1/s1. The van der Waals surface area contributed by atoms with Gasteiger partial charge in [-0.05, 0) is 43.2 Å². The van der Waals surface area contributed by atoms with E-state index in [9.17, 15) is 9.59 Å². The second kappa shape index (κ2) is 7.42. The number of carbonyl (C=O) groups excluding carboxylic acids is 2. The minimum absolute atomic E-state index is 0.0213. The van der Waals surface area contributed by atoms with Crippen molar-refractivity contribution in [3.63, 3.8) is 0 Å². The topological polar surface area (TPSA) is 49.4 Å². The molecule has 3 aliphatic rings. The maximum absolute atomic E-state index is 13.3. The Bertz CT molecular complexity index is 680. The predicted molar refractivity (Wildman–Crippen MR) is 102 cm³/mol. The molecule has 3 atom stereocenters. The van der Waals surface area contributed by atoms with E-state index in [4.69, 9.17) is 0 Å². The van der Waals surface area contributed by atoms with E-state index < -0.39 is 6.04 Å². The highest BCUT2D eigenvalue weighted by Gasteiger charge is 2.46. The number of rotatable bonds is 3. The second-order valence-electron chi connectivity index (χ2n) is 8.37. The Morgan fingerprint density at radius 2 is 1.69 bits per heavy atom. The zero-order valence-corrected chi connectivity index (χ0v) is 15.7. The average Bonchev–Trinajstić information content (AvgIpc) is 2.96. The highest BCUT2D eigenvalue weighted by molar-refractivity contribution is 6.05. The lowest BCUT2D eigenvalue weighted by atomic mass is 9.84. The summed E-state index contributed by atoms with van der Waals surface area (Å²) >= 11 is 0. The summed E-state index contributed by atoms with van der Waals surface area (Å²) < 4.78 is 0. The summed E-state index contributed by atoms with van der Waals surface area (Å²) in [4.78, 5) is 28.4. The molecule has 1 aromatic rings. The Hall–Kier alpha value is -1.84. The van der Waals surface area contributed by atoms with Crippen molar-refractivity contribution in [1.29, 1.82) is 0 Å². The zero-order valence-electron chi connectivity index (χ0n) is 15.7. The Morgan fingerprint density at radius 3 is 2.46 bits per heavy atom. The van der Waals surface area contributed by atoms with Crippen molar-refractivity contribution in [1.82, 2.24) is 10.2 Å². The molecule has 1 aliphatic heterocycles. The van der Waals surface area contributed by atoms with E-state index in [1.165, 1.54) is 25.7 Å². The summed E-state index contributed by atoms with van der Waals surface area (Å²) in [5.74, 6) is 0.517. The van der Waals surface area contributed by atoms with Crippen LogP contribution in [0.15, 0.2) is 24.3 Å². The van der Waals surface area contributed by atoms with E-state index >= 15 is 0 Å². The number of nitrogens with one attached hydrogen (secondary N) is 1. The average molecular weight is 354 g/mol. The van der Waals surface area contributed by atoms with Crippen LogP contribution in [0.5, 0.6) is 0 Å². The van der Waals surface area contributed by atoms with Gasteiger partial charge in [-0.2, -0.15) is 0 Å².